The fourth-order valence-corrected chi connectivity index (χ4v) is 1.53. The first-order valence-corrected chi connectivity index (χ1v) is 5.56. The summed E-state index contributed by atoms with van der Waals surface area (Å²) in [7, 11) is 0. The average molecular weight is 227 g/mol. The first kappa shape index (κ1) is 13.0. The molecule has 1 saturated heterocycles. The molecule has 0 aliphatic carbocycles. The van der Waals surface area contributed by atoms with Crippen molar-refractivity contribution in [2.75, 3.05) is 6.61 Å². The van der Waals surface area contributed by atoms with Crippen LogP contribution < -0.4 is 5.32 Å². The Morgan fingerprint density at radius 3 is 2.75 bits per heavy atom. The van der Waals surface area contributed by atoms with E-state index in [4.69, 9.17) is 9.47 Å². The number of ether oxygens (including phenoxy) is 2. The smallest absolute Gasteiger partial charge is 0.407 e. The molecule has 0 aromatic carbocycles. The van der Waals surface area contributed by atoms with Gasteiger partial charge in [-0.2, -0.15) is 0 Å². The molecule has 0 radical (unpaired) electrons. The van der Waals surface area contributed by atoms with E-state index in [-0.39, 0.29) is 12.1 Å². The number of hydrogen-bond acceptors (Lipinski definition) is 3. The van der Waals surface area contributed by atoms with Crippen LogP contribution in [-0.2, 0) is 9.47 Å². The molecule has 1 amide bonds. The van der Waals surface area contributed by atoms with Crippen LogP contribution in [0.25, 0.3) is 0 Å². The topological polar surface area (TPSA) is 47.6 Å². The summed E-state index contributed by atoms with van der Waals surface area (Å²) >= 11 is 0. The molecule has 92 valence electrons. The maximum Gasteiger partial charge on any atom is 0.407 e. The Morgan fingerprint density at radius 2 is 2.19 bits per heavy atom. The van der Waals surface area contributed by atoms with Crippen LogP contribution in [-0.4, -0.2) is 30.4 Å². The van der Waals surface area contributed by atoms with Gasteiger partial charge >= 0.3 is 6.09 Å². The lowest BCUT2D eigenvalue weighted by Crippen LogP contribution is -2.47. The molecular weight excluding hydrogens is 206 g/mol. The van der Waals surface area contributed by atoms with Gasteiger partial charge in [0, 0.05) is 0 Å². The van der Waals surface area contributed by atoms with Gasteiger partial charge < -0.3 is 14.8 Å². The molecule has 0 spiro atoms. The molecule has 0 saturated carbocycles. The van der Waals surface area contributed by atoms with Crippen molar-refractivity contribution in [2.45, 2.75) is 51.9 Å². The zero-order chi connectivity index (χ0) is 12.3. The number of nitrogens with one attached hydrogen (secondary N) is 1. The van der Waals surface area contributed by atoms with Crippen LogP contribution in [0.2, 0.25) is 0 Å². The Bertz CT molecular complexity index is 280. The fraction of sp³-hybridized carbons (Fsp3) is 0.750. The molecule has 1 aliphatic rings. The first-order chi connectivity index (χ1) is 7.28. The minimum Gasteiger partial charge on any atom is -0.444 e. The zero-order valence-electron chi connectivity index (χ0n) is 10.5. The van der Waals surface area contributed by atoms with E-state index in [0.29, 0.717) is 6.61 Å². The molecule has 1 aliphatic heterocycles. The second-order valence-corrected chi connectivity index (χ2v) is 5.22. The monoisotopic (exact) mass is 227 g/mol. The van der Waals surface area contributed by atoms with Crippen molar-refractivity contribution in [3.8, 4) is 0 Å². The summed E-state index contributed by atoms with van der Waals surface area (Å²) in [5, 5.41) is 2.81. The third kappa shape index (κ3) is 4.23. The molecule has 1 heterocycles. The molecule has 1 rings (SSSR count). The Hall–Kier alpha value is -1.03. The molecule has 16 heavy (non-hydrogen) atoms. The van der Waals surface area contributed by atoms with E-state index in [9.17, 15) is 4.79 Å². The van der Waals surface area contributed by atoms with E-state index in [0.717, 1.165) is 12.0 Å². The highest BCUT2D eigenvalue weighted by Crippen LogP contribution is 2.17. The summed E-state index contributed by atoms with van der Waals surface area (Å²) in [6, 6.07) is -0.0453. The van der Waals surface area contributed by atoms with Gasteiger partial charge in [-0.15, -0.1) is 0 Å². The predicted octanol–water partition coefficient (Wildman–Crippen LogP) is 2.24. The average Bonchev–Trinajstić information content (AvgIpc) is 2.08. The number of carbonyl (C=O) groups excluding carboxylic acids is 1. The Balaban J connectivity index is 2.46. The van der Waals surface area contributed by atoms with Crippen LogP contribution in [0, 0.1) is 0 Å². The number of carbonyl (C=O) groups is 1. The van der Waals surface area contributed by atoms with Gasteiger partial charge in [0.1, 0.15) is 5.60 Å². The highest BCUT2D eigenvalue weighted by atomic mass is 16.6. The van der Waals surface area contributed by atoms with Gasteiger partial charge in [-0.3, -0.25) is 0 Å². The van der Waals surface area contributed by atoms with E-state index in [1.807, 2.05) is 27.7 Å². The molecule has 0 bridgehead atoms. The summed E-state index contributed by atoms with van der Waals surface area (Å²) < 4.78 is 10.7. The van der Waals surface area contributed by atoms with E-state index in [2.05, 4.69) is 11.9 Å². The molecule has 0 aromatic heterocycles. The number of alkyl carbamates (subject to hydrolysis) is 1. The van der Waals surface area contributed by atoms with Crippen molar-refractivity contribution in [1.29, 1.82) is 0 Å². The van der Waals surface area contributed by atoms with Crippen molar-refractivity contribution >= 4 is 6.09 Å². The Morgan fingerprint density at radius 1 is 1.56 bits per heavy atom. The zero-order valence-corrected chi connectivity index (χ0v) is 10.5. The quantitative estimate of drug-likeness (QED) is 0.699. The van der Waals surface area contributed by atoms with Crippen molar-refractivity contribution in [3.05, 3.63) is 12.2 Å². The summed E-state index contributed by atoms with van der Waals surface area (Å²) in [6.45, 7) is 11.9. The van der Waals surface area contributed by atoms with E-state index in [1.165, 1.54) is 0 Å². The van der Waals surface area contributed by atoms with Gasteiger partial charge in [0.25, 0.3) is 0 Å². The normalized spacial score (nSPS) is 26.4. The summed E-state index contributed by atoms with van der Waals surface area (Å²) in [5.74, 6) is 0. The fourth-order valence-electron chi connectivity index (χ4n) is 1.53. The van der Waals surface area contributed by atoms with Gasteiger partial charge in [0.15, 0.2) is 0 Å². The molecule has 2 atom stereocenters. The number of rotatable bonds is 1. The maximum atomic E-state index is 11.6. The lowest BCUT2D eigenvalue weighted by Gasteiger charge is -2.31. The van der Waals surface area contributed by atoms with Gasteiger partial charge in [-0.1, -0.05) is 6.58 Å². The third-order valence-corrected chi connectivity index (χ3v) is 2.33. The van der Waals surface area contributed by atoms with E-state index in [1.54, 1.807) is 0 Å². The van der Waals surface area contributed by atoms with Gasteiger partial charge in [-0.05, 0) is 39.7 Å². The minimum atomic E-state index is -0.472. The highest BCUT2D eigenvalue weighted by Gasteiger charge is 2.27. The largest absolute Gasteiger partial charge is 0.444 e. The molecule has 0 aromatic rings. The van der Waals surface area contributed by atoms with Gasteiger partial charge in [-0.25, -0.2) is 4.79 Å². The van der Waals surface area contributed by atoms with Crippen molar-refractivity contribution < 1.29 is 14.3 Å². The SMILES string of the molecule is C=C1CO[C@H](C)[C@@H](NC(=O)OC(C)(C)C)C1. The summed E-state index contributed by atoms with van der Waals surface area (Å²) in [6.07, 6.45) is 0.348. The second-order valence-electron chi connectivity index (χ2n) is 5.22. The molecule has 4 heteroatoms. The molecule has 1 fully saturated rings. The first-order valence-electron chi connectivity index (χ1n) is 5.56. The van der Waals surface area contributed by atoms with Crippen molar-refractivity contribution in [3.63, 3.8) is 0 Å². The number of hydrogen-bond donors (Lipinski definition) is 1. The van der Waals surface area contributed by atoms with Crippen molar-refractivity contribution in [1.82, 2.24) is 5.32 Å². The molecule has 4 nitrogen and oxygen atoms in total. The van der Waals surface area contributed by atoms with Crippen LogP contribution in [0.5, 0.6) is 0 Å². The molecule has 0 unspecified atom stereocenters. The maximum absolute atomic E-state index is 11.6. The lowest BCUT2D eigenvalue weighted by atomic mass is 10.0. The van der Waals surface area contributed by atoms with Gasteiger partial charge in [0.2, 0.25) is 0 Å². The van der Waals surface area contributed by atoms with Crippen molar-refractivity contribution in [2.24, 2.45) is 0 Å². The summed E-state index contributed by atoms with van der Waals surface area (Å²) in [5.41, 5.74) is 0.527. The number of amides is 1. The summed E-state index contributed by atoms with van der Waals surface area (Å²) in [4.78, 5) is 11.6. The Labute approximate surface area is 97.0 Å². The lowest BCUT2D eigenvalue weighted by molar-refractivity contribution is 0.0151. The van der Waals surface area contributed by atoms with Crippen LogP contribution >= 0.6 is 0 Å². The molecule has 1 N–H and O–H groups in total. The minimum absolute atomic E-state index is 0.00183. The van der Waals surface area contributed by atoms with Gasteiger partial charge in [0.05, 0.1) is 18.8 Å². The van der Waals surface area contributed by atoms with Crippen LogP contribution in [0.15, 0.2) is 12.2 Å². The van der Waals surface area contributed by atoms with E-state index >= 15 is 0 Å². The Kier molecular flexibility index (Phi) is 3.97. The molecular formula is C12H21NO3. The van der Waals surface area contributed by atoms with Crippen LogP contribution in [0.3, 0.4) is 0 Å². The highest BCUT2D eigenvalue weighted by molar-refractivity contribution is 5.68. The second kappa shape index (κ2) is 4.87. The van der Waals surface area contributed by atoms with Crippen LogP contribution in [0.1, 0.15) is 34.1 Å². The van der Waals surface area contributed by atoms with Crippen LogP contribution in [0.4, 0.5) is 4.79 Å². The van der Waals surface area contributed by atoms with E-state index < -0.39 is 11.7 Å². The predicted molar refractivity (Wildman–Crippen MR) is 62.3 cm³/mol. The third-order valence-electron chi connectivity index (χ3n) is 2.33. The standard InChI is InChI=1S/C12H21NO3/c1-8-6-10(9(2)15-7-8)13-11(14)16-12(3,4)5/h9-10H,1,6-7H2,2-5H3,(H,13,14)/t9-,10+/m1/s1.